The lowest BCUT2D eigenvalue weighted by molar-refractivity contribution is 0.102. The van der Waals surface area contributed by atoms with Crippen LogP contribution in [0, 0.1) is 13.8 Å². The molecule has 0 aliphatic carbocycles. The van der Waals surface area contributed by atoms with E-state index in [0.29, 0.717) is 28.6 Å². The number of amides is 1. The smallest absolute Gasteiger partial charge is 0.316 e. The van der Waals surface area contributed by atoms with E-state index < -0.39 is 0 Å². The van der Waals surface area contributed by atoms with Crippen LogP contribution in [0.5, 0.6) is 6.01 Å². The number of benzene rings is 1. The van der Waals surface area contributed by atoms with Gasteiger partial charge in [0.25, 0.3) is 5.91 Å². The number of methoxy groups -OCH3 is 1. The predicted octanol–water partition coefficient (Wildman–Crippen LogP) is 3.12. The van der Waals surface area contributed by atoms with E-state index in [0.717, 1.165) is 4.47 Å². The lowest BCUT2D eigenvalue weighted by Crippen LogP contribution is -2.15. The molecule has 5 nitrogen and oxygen atoms in total. The zero-order chi connectivity index (χ0) is 14.7. The molecule has 0 bridgehead atoms. The first-order valence-electron chi connectivity index (χ1n) is 5.98. The summed E-state index contributed by atoms with van der Waals surface area (Å²) in [4.78, 5) is 20.6. The van der Waals surface area contributed by atoms with Crippen molar-refractivity contribution in [3.63, 3.8) is 0 Å². The lowest BCUT2D eigenvalue weighted by atomic mass is 10.2. The third kappa shape index (κ3) is 2.96. The first-order valence-corrected chi connectivity index (χ1v) is 6.77. The molecule has 1 amide bonds. The largest absolute Gasteiger partial charge is 0.467 e. The van der Waals surface area contributed by atoms with Crippen molar-refractivity contribution in [2.45, 2.75) is 13.8 Å². The molecule has 2 rings (SSSR count). The summed E-state index contributed by atoms with van der Waals surface area (Å²) in [5.41, 5.74) is 2.48. The topological polar surface area (TPSA) is 64.1 Å². The Morgan fingerprint density at radius 3 is 2.35 bits per heavy atom. The summed E-state index contributed by atoms with van der Waals surface area (Å²) in [6, 6.07) is 7.52. The van der Waals surface area contributed by atoms with Gasteiger partial charge in [-0.1, -0.05) is 12.1 Å². The summed E-state index contributed by atoms with van der Waals surface area (Å²) in [7, 11) is 1.51. The number of ether oxygens (including phenoxy) is 1. The highest BCUT2D eigenvalue weighted by Crippen LogP contribution is 2.22. The highest BCUT2D eigenvalue weighted by Gasteiger charge is 2.14. The number of carbonyl (C=O) groups is 1. The molecule has 0 atom stereocenters. The maximum atomic E-state index is 12.3. The van der Waals surface area contributed by atoms with Crippen molar-refractivity contribution in [3.05, 3.63) is 45.7 Å². The minimum Gasteiger partial charge on any atom is -0.467 e. The van der Waals surface area contributed by atoms with Gasteiger partial charge >= 0.3 is 6.01 Å². The Morgan fingerprint density at radius 2 is 1.80 bits per heavy atom. The van der Waals surface area contributed by atoms with Gasteiger partial charge in [0.1, 0.15) is 0 Å². The molecule has 0 aliphatic rings. The molecule has 0 unspecified atom stereocenters. The zero-order valence-corrected chi connectivity index (χ0v) is 13.0. The van der Waals surface area contributed by atoms with E-state index in [9.17, 15) is 4.79 Å². The molecule has 104 valence electrons. The number of anilines is 1. The van der Waals surface area contributed by atoms with Gasteiger partial charge in [-0.3, -0.25) is 4.79 Å². The summed E-state index contributed by atoms with van der Waals surface area (Å²) < 4.78 is 5.74. The Kier molecular flexibility index (Phi) is 4.34. The molecule has 0 radical (unpaired) electrons. The van der Waals surface area contributed by atoms with Gasteiger partial charge in [0.15, 0.2) is 0 Å². The second-order valence-corrected chi connectivity index (χ2v) is 5.04. The Balaban J connectivity index is 2.31. The average molecular weight is 336 g/mol. The highest BCUT2D eigenvalue weighted by atomic mass is 79.9. The van der Waals surface area contributed by atoms with E-state index in [1.54, 1.807) is 19.9 Å². The normalized spacial score (nSPS) is 10.2. The second-order valence-electron chi connectivity index (χ2n) is 4.19. The van der Waals surface area contributed by atoms with Crippen molar-refractivity contribution in [2.75, 3.05) is 12.4 Å². The minimum absolute atomic E-state index is 0.211. The number of hydrogen-bond acceptors (Lipinski definition) is 4. The molecule has 20 heavy (non-hydrogen) atoms. The Labute approximate surface area is 125 Å². The standard InChI is InChI=1S/C14H14BrN3O2/c1-8-12(9(2)17-14(16-8)20-3)18-13(19)10-6-4-5-7-11(10)15/h4-7H,1-3H3,(H,18,19). The Hall–Kier alpha value is -1.95. The van der Waals surface area contributed by atoms with E-state index in [-0.39, 0.29) is 5.91 Å². The highest BCUT2D eigenvalue weighted by molar-refractivity contribution is 9.10. The fourth-order valence-electron chi connectivity index (χ4n) is 1.78. The molecule has 6 heteroatoms. The maximum absolute atomic E-state index is 12.3. The SMILES string of the molecule is COc1nc(C)c(NC(=O)c2ccccc2Br)c(C)n1. The number of nitrogens with zero attached hydrogens (tertiary/aromatic N) is 2. The van der Waals surface area contributed by atoms with Crippen molar-refractivity contribution < 1.29 is 9.53 Å². The first kappa shape index (κ1) is 14.5. The van der Waals surface area contributed by atoms with Crippen LogP contribution < -0.4 is 10.1 Å². The number of halogens is 1. The molecule has 0 aliphatic heterocycles. The third-order valence-electron chi connectivity index (χ3n) is 2.79. The van der Waals surface area contributed by atoms with Crippen molar-refractivity contribution in [3.8, 4) is 6.01 Å². The molecule has 1 aromatic carbocycles. The molecule has 0 saturated carbocycles. The van der Waals surface area contributed by atoms with Crippen LogP contribution in [0.3, 0.4) is 0 Å². The molecular formula is C14H14BrN3O2. The molecule has 0 saturated heterocycles. The van der Waals surface area contributed by atoms with Gasteiger partial charge in [0.05, 0.1) is 29.7 Å². The summed E-state index contributed by atoms with van der Waals surface area (Å²) in [5.74, 6) is -0.211. The van der Waals surface area contributed by atoms with Crippen LogP contribution >= 0.6 is 15.9 Å². The second kappa shape index (κ2) is 6.00. The first-order chi connectivity index (χ1) is 9.52. The van der Waals surface area contributed by atoms with Gasteiger partial charge in [-0.25, -0.2) is 0 Å². The lowest BCUT2D eigenvalue weighted by Gasteiger charge is -2.12. The number of carbonyl (C=O) groups excluding carboxylic acids is 1. The molecule has 0 fully saturated rings. The zero-order valence-electron chi connectivity index (χ0n) is 11.4. The molecule has 2 aromatic rings. The van der Waals surface area contributed by atoms with Gasteiger partial charge < -0.3 is 10.1 Å². The van der Waals surface area contributed by atoms with Crippen LogP contribution in [0.4, 0.5) is 5.69 Å². The predicted molar refractivity (Wildman–Crippen MR) is 80.2 cm³/mol. The van der Waals surface area contributed by atoms with Gasteiger partial charge in [0, 0.05) is 4.47 Å². The van der Waals surface area contributed by atoms with Crippen molar-refractivity contribution >= 4 is 27.5 Å². The minimum atomic E-state index is -0.211. The van der Waals surface area contributed by atoms with Gasteiger partial charge in [0.2, 0.25) is 0 Å². The number of aryl methyl sites for hydroxylation is 2. The van der Waals surface area contributed by atoms with E-state index in [2.05, 4.69) is 31.2 Å². The molecule has 0 spiro atoms. The van der Waals surface area contributed by atoms with E-state index in [1.165, 1.54) is 7.11 Å². The fraction of sp³-hybridized carbons (Fsp3) is 0.214. The van der Waals surface area contributed by atoms with Crippen LogP contribution in [0.25, 0.3) is 0 Å². The summed E-state index contributed by atoms with van der Waals surface area (Å²) >= 11 is 3.36. The van der Waals surface area contributed by atoms with E-state index >= 15 is 0 Å². The fourth-order valence-corrected chi connectivity index (χ4v) is 2.25. The van der Waals surface area contributed by atoms with Crippen molar-refractivity contribution in [1.29, 1.82) is 0 Å². The van der Waals surface area contributed by atoms with Crippen LogP contribution in [0.15, 0.2) is 28.7 Å². The number of aromatic nitrogens is 2. The van der Waals surface area contributed by atoms with Crippen molar-refractivity contribution in [1.82, 2.24) is 9.97 Å². The molecule has 1 N–H and O–H groups in total. The Morgan fingerprint density at radius 1 is 1.20 bits per heavy atom. The number of rotatable bonds is 3. The third-order valence-corrected chi connectivity index (χ3v) is 3.48. The quantitative estimate of drug-likeness (QED) is 0.935. The molecule has 1 aromatic heterocycles. The number of nitrogens with one attached hydrogen (secondary N) is 1. The summed E-state index contributed by atoms with van der Waals surface area (Å²) in [5, 5.41) is 2.84. The molecular weight excluding hydrogens is 322 g/mol. The van der Waals surface area contributed by atoms with Crippen LogP contribution in [-0.4, -0.2) is 23.0 Å². The molecule has 1 heterocycles. The monoisotopic (exact) mass is 335 g/mol. The van der Waals surface area contributed by atoms with Gasteiger partial charge in [-0.15, -0.1) is 0 Å². The van der Waals surface area contributed by atoms with Crippen LogP contribution in [-0.2, 0) is 0 Å². The Bertz CT molecular complexity index is 636. The van der Waals surface area contributed by atoms with E-state index in [4.69, 9.17) is 4.74 Å². The average Bonchev–Trinajstić information content (AvgIpc) is 2.42. The summed E-state index contributed by atoms with van der Waals surface area (Å²) in [6.07, 6.45) is 0. The van der Waals surface area contributed by atoms with Gasteiger partial charge in [-0.2, -0.15) is 9.97 Å². The van der Waals surface area contributed by atoms with Crippen LogP contribution in [0.1, 0.15) is 21.7 Å². The van der Waals surface area contributed by atoms with E-state index in [1.807, 2.05) is 18.2 Å². The van der Waals surface area contributed by atoms with Gasteiger partial charge in [-0.05, 0) is 41.9 Å². The van der Waals surface area contributed by atoms with Crippen LogP contribution in [0.2, 0.25) is 0 Å². The number of hydrogen-bond donors (Lipinski definition) is 1. The van der Waals surface area contributed by atoms with Crippen molar-refractivity contribution in [2.24, 2.45) is 0 Å². The maximum Gasteiger partial charge on any atom is 0.316 e. The summed E-state index contributed by atoms with van der Waals surface area (Å²) in [6.45, 7) is 3.60.